The lowest BCUT2D eigenvalue weighted by Gasteiger charge is -2.13. The van der Waals surface area contributed by atoms with Gasteiger partial charge in [-0.1, -0.05) is 0 Å². The van der Waals surface area contributed by atoms with Crippen LogP contribution in [-0.4, -0.2) is 36.7 Å². The summed E-state index contributed by atoms with van der Waals surface area (Å²) in [6.07, 6.45) is 1.19. The van der Waals surface area contributed by atoms with Gasteiger partial charge in [0.25, 0.3) is 10.0 Å². The van der Waals surface area contributed by atoms with E-state index in [1.807, 2.05) is 0 Å². The van der Waals surface area contributed by atoms with Gasteiger partial charge in [0.15, 0.2) is 0 Å². The number of sulfonamides is 1. The number of aliphatic hydroxyl groups excluding tert-OH is 1. The van der Waals surface area contributed by atoms with Gasteiger partial charge in [0, 0.05) is 5.38 Å². The van der Waals surface area contributed by atoms with Crippen LogP contribution in [0.15, 0.2) is 15.7 Å². The number of rotatable bonds is 5. The number of hydrogen-bond donors (Lipinski definition) is 3. The molecule has 0 bridgehead atoms. The first kappa shape index (κ1) is 12.5. The van der Waals surface area contributed by atoms with Crippen molar-refractivity contribution in [1.29, 1.82) is 0 Å². The highest BCUT2D eigenvalue weighted by Crippen LogP contribution is 2.36. The Bertz CT molecular complexity index is 543. The molecule has 3 N–H and O–H groups in total. The first-order valence-electron chi connectivity index (χ1n) is 4.85. The van der Waals surface area contributed by atoms with E-state index in [4.69, 9.17) is 10.2 Å². The smallest absolute Gasteiger partial charge is 0.336 e. The number of thiophene rings is 1. The van der Waals surface area contributed by atoms with Gasteiger partial charge in [-0.3, -0.25) is 0 Å². The number of hydrogen-bond acceptors (Lipinski definition) is 5. The Kier molecular flexibility index (Phi) is 2.98. The maximum atomic E-state index is 11.9. The molecule has 0 aromatic carbocycles. The van der Waals surface area contributed by atoms with Crippen molar-refractivity contribution >= 4 is 27.3 Å². The largest absolute Gasteiger partial charge is 0.478 e. The van der Waals surface area contributed by atoms with Crippen LogP contribution in [0.2, 0.25) is 0 Å². The Hall–Kier alpha value is -0.960. The quantitative estimate of drug-likeness (QED) is 0.715. The molecule has 1 fully saturated rings. The molecule has 8 heteroatoms. The lowest BCUT2D eigenvalue weighted by molar-refractivity contribution is 0.0697. The fraction of sp³-hybridized carbons (Fsp3) is 0.444. The van der Waals surface area contributed by atoms with Crippen molar-refractivity contribution in [3.63, 3.8) is 0 Å². The first-order valence-corrected chi connectivity index (χ1v) is 7.21. The molecule has 1 aromatic rings. The predicted molar refractivity (Wildman–Crippen MR) is 60.7 cm³/mol. The van der Waals surface area contributed by atoms with Crippen LogP contribution < -0.4 is 4.72 Å². The Morgan fingerprint density at radius 1 is 1.53 bits per heavy atom. The van der Waals surface area contributed by atoms with Gasteiger partial charge in [0.1, 0.15) is 4.21 Å². The van der Waals surface area contributed by atoms with E-state index >= 15 is 0 Å². The Labute approximate surface area is 102 Å². The Morgan fingerprint density at radius 3 is 2.59 bits per heavy atom. The molecule has 0 saturated heterocycles. The molecule has 2 rings (SSSR count). The van der Waals surface area contributed by atoms with Crippen LogP contribution in [0.4, 0.5) is 0 Å². The molecular weight excluding hydrogens is 266 g/mol. The zero-order valence-corrected chi connectivity index (χ0v) is 10.3. The highest BCUT2D eigenvalue weighted by Gasteiger charge is 2.45. The molecule has 1 aliphatic carbocycles. The molecule has 0 atom stereocenters. The van der Waals surface area contributed by atoms with Gasteiger partial charge in [0.05, 0.1) is 17.7 Å². The average molecular weight is 277 g/mol. The fourth-order valence-electron chi connectivity index (χ4n) is 1.35. The fourth-order valence-corrected chi connectivity index (χ4v) is 3.95. The van der Waals surface area contributed by atoms with Crippen molar-refractivity contribution in [1.82, 2.24) is 4.72 Å². The summed E-state index contributed by atoms with van der Waals surface area (Å²) < 4.78 is 26.1. The van der Waals surface area contributed by atoms with E-state index in [1.165, 1.54) is 5.38 Å². The monoisotopic (exact) mass is 277 g/mol. The van der Waals surface area contributed by atoms with Crippen LogP contribution in [-0.2, 0) is 10.0 Å². The van der Waals surface area contributed by atoms with E-state index in [1.54, 1.807) is 0 Å². The summed E-state index contributed by atoms with van der Waals surface area (Å²) in [5.74, 6) is -1.16. The molecule has 6 nitrogen and oxygen atoms in total. The van der Waals surface area contributed by atoms with Crippen LogP contribution in [0, 0.1) is 0 Å². The molecule has 0 amide bonds. The summed E-state index contributed by atoms with van der Waals surface area (Å²) in [5, 5.41) is 19.0. The summed E-state index contributed by atoms with van der Waals surface area (Å²) in [6, 6.07) is 1.11. The van der Waals surface area contributed by atoms with Gasteiger partial charge in [-0.05, 0) is 18.9 Å². The third-order valence-electron chi connectivity index (χ3n) is 2.59. The second-order valence-corrected chi connectivity index (χ2v) is 6.82. The number of carboxylic acid groups (broad SMARTS) is 1. The molecule has 0 spiro atoms. The minimum atomic E-state index is -3.74. The summed E-state index contributed by atoms with van der Waals surface area (Å²) >= 11 is 0.851. The lowest BCUT2D eigenvalue weighted by atomic mass is 10.3. The number of carbonyl (C=O) groups is 1. The third kappa shape index (κ3) is 2.49. The van der Waals surface area contributed by atoms with Gasteiger partial charge in [-0.25, -0.2) is 17.9 Å². The van der Waals surface area contributed by atoms with Crippen molar-refractivity contribution in [2.45, 2.75) is 22.6 Å². The van der Waals surface area contributed by atoms with Crippen LogP contribution in [0.1, 0.15) is 23.2 Å². The van der Waals surface area contributed by atoms with Gasteiger partial charge >= 0.3 is 5.97 Å². The maximum Gasteiger partial charge on any atom is 0.336 e. The topological polar surface area (TPSA) is 104 Å². The number of aliphatic hydroxyl groups is 1. The van der Waals surface area contributed by atoms with Crippen molar-refractivity contribution in [3.8, 4) is 0 Å². The normalized spacial score (nSPS) is 17.9. The van der Waals surface area contributed by atoms with E-state index in [9.17, 15) is 13.2 Å². The van der Waals surface area contributed by atoms with E-state index in [0.717, 1.165) is 17.4 Å². The molecule has 1 aromatic heterocycles. The maximum absolute atomic E-state index is 11.9. The minimum Gasteiger partial charge on any atom is -0.478 e. The van der Waals surface area contributed by atoms with Gasteiger partial charge in [0.2, 0.25) is 0 Å². The lowest BCUT2D eigenvalue weighted by Crippen LogP contribution is -2.39. The third-order valence-corrected chi connectivity index (χ3v) is 5.61. The number of carboxylic acids is 1. The second kappa shape index (κ2) is 4.05. The van der Waals surface area contributed by atoms with Crippen LogP contribution >= 0.6 is 11.3 Å². The number of aromatic carboxylic acids is 1. The van der Waals surface area contributed by atoms with Crippen LogP contribution in [0.5, 0.6) is 0 Å². The molecule has 0 unspecified atom stereocenters. The zero-order chi connectivity index (χ0) is 12.7. The van der Waals surface area contributed by atoms with Crippen LogP contribution in [0.3, 0.4) is 0 Å². The molecule has 0 radical (unpaired) electrons. The van der Waals surface area contributed by atoms with E-state index < -0.39 is 21.5 Å². The number of nitrogens with one attached hydrogen (secondary N) is 1. The first-order chi connectivity index (χ1) is 7.88. The van der Waals surface area contributed by atoms with E-state index in [-0.39, 0.29) is 16.4 Å². The summed E-state index contributed by atoms with van der Waals surface area (Å²) in [7, 11) is -3.74. The molecule has 94 valence electrons. The standard InChI is InChI=1S/C9H11NO5S2/c11-5-9(1-2-9)10-17(14,15)7-3-6(4-16-7)8(12)13/h3-4,10-11H,1-2,5H2,(H,12,13). The van der Waals surface area contributed by atoms with Gasteiger partial charge in [-0.15, -0.1) is 11.3 Å². The Morgan fingerprint density at radius 2 is 2.18 bits per heavy atom. The van der Waals surface area contributed by atoms with Gasteiger partial charge in [-0.2, -0.15) is 0 Å². The SMILES string of the molecule is O=C(O)c1csc(S(=O)(=O)NC2(CO)CC2)c1. The highest BCUT2D eigenvalue weighted by atomic mass is 32.2. The Balaban J connectivity index is 2.22. The summed E-state index contributed by atoms with van der Waals surface area (Å²) in [5.41, 5.74) is -0.795. The van der Waals surface area contributed by atoms with Crippen molar-refractivity contribution in [2.24, 2.45) is 0 Å². The van der Waals surface area contributed by atoms with Crippen molar-refractivity contribution < 1.29 is 23.4 Å². The summed E-state index contributed by atoms with van der Waals surface area (Å²) in [6.45, 7) is -0.247. The van der Waals surface area contributed by atoms with Crippen molar-refractivity contribution in [2.75, 3.05) is 6.61 Å². The average Bonchev–Trinajstić information content (AvgIpc) is 2.82. The van der Waals surface area contributed by atoms with Crippen molar-refractivity contribution in [3.05, 3.63) is 17.0 Å². The molecular formula is C9H11NO5S2. The second-order valence-electron chi connectivity index (χ2n) is 4.00. The minimum absolute atomic E-state index is 0.0466. The van der Waals surface area contributed by atoms with E-state index in [2.05, 4.69) is 4.72 Å². The van der Waals surface area contributed by atoms with Gasteiger partial charge < -0.3 is 10.2 Å². The van der Waals surface area contributed by atoms with Crippen LogP contribution in [0.25, 0.3) is 0 Å². The predicted octanol–water partition coefficient (Wildman–Crippen LogP) is 0.249. The molecule has 1 heterocycles. The summed E-state index contributed by atoms with van der Waals surface area (Å²) in [4.78, 5) is 10.6. The molecule has 1 saturated carbocycles. The highest BCUT2D eigenvalue weighted by molar-refractivity contribution is 7.91. The molecule has 17 heavy (non-hydrogen) atoms. The zero-order valence-electron chi connectivity index (χ0n) is 8.71. The van der Waals surface area contributed by atoms with E-state index in [0.29, 0.717) is 12.8 Å². The molecule has 0 aliphatic heterocycles. The molecule has 1 aliphatic rings.